The van der Waals surface area contributed by atoms with Crippen LogP contribution in [0.1, 0.15) is 25.0 Å². The maximum Gasteiger partial charge on any atom is 0.194 e. The van der Waals surface area contributed by atoms with Gasteiger partial charge in [-0.15, -0.1) is 34.2 Å². The van der Waals surface area contributed by atoms with Gasteiger partial charge in [0.2, 0.25) is 0 Å². The van der Waals surface area contributed by atoms with E-state index < -0.39 is 0 Å². The fourth-order valence-corrected chi connectivity index (χ4v) is 2.63. The van der Waals surface area contributed by atoms with Gasteiger partial charge in [0.1, 0.15) is 24.7 Å². The molecule has 2 rings (SSSR count). The fraction of sp³-hybridized carbons (Fsp3) is 0.550. The summed E-state index contributed by atoms with van der Waals surface area (Å²) in [5.74, 6) is 3.27. The number of aliphatic imine (C=N–C) groups is 1. The van der Waals surface area contributed by atoms with Gasteiger partial charge in [-0.1, -0.05) is 11.6 Å². The van der Waals surface area contributed by atoms with E-state index >= 15 is 0 Å². The summed E-state index contributed by atoms with van der Waals surface area (Å²) in [6.45, 7) is 7.81. The summed E-state index contributed by atoms with van der Waals surface area (Å²) >= 11 is 5.91. The lowest BCUT2D eigenvalue weighted by molar-refractivity contribution is 0.145. The molecule has 0 saturated heterocycles. The van der Waals surface area contributed by atoms with Crippen LogP contribution in [0.2, 0.25) is 5.02 Å². The molecule has 0 aliphatic rings. The summed E-state index contributed by atoms with van der Waals surface area (Å²) in [4.78, 5) is 6.76. The minimum Gasteiger partial charge on any atom is -0.492 e. The Hall–Kier alpha value is -1.59. The fourth-order valence-electron chi connectivity index (χ4n) is 2.50. The van der Waals surface area contributed by atoms with E-state index in [2.05, 4.69) is 15.5 Å². The van der Waals surface area contributed by atoms with E-state index in [4.69, 9.17) is 26.1 Å². The number of rotatable bonds is 11. The number of likely N-dealkylation sites (N-methyl/N-ethyl adjacent to an activating group) is 1. The first-order chi connectivity index (χ1) is 14.0. The van der Waals surface area contributed by atoms with Gasteiger partial charge in [0, 0.05) is 38.9 Å². The minimum atomic E-state index is 0. The molecule has 2 aromatic rings. The molecule has 0 unspecified atom stereocenters. The highest BCUT2D eigenvalue weighted by atomic mass is 127. The van der Waals surface area contributed by atoms with Crippen molar-refractivity contribution in [3.63, 3.8) is 0 Å². The molecule has 0 amide bonds. The zero-order chi connectivity index (χ0) is 21.1. The zero-order valence-electron chi connectivity index (χ0n) is 18.1. The Morgan fingerprint density at radius 3 is 2.60 bits per heavy atom. The second kappa shape index (κ2) is 14.4. The number of aromatic nitrogens is 3. The van der Waals surface area contributed by atoms with Crippen LogP contribution in [0.5, 0.6) is 5.75 Å². The number of benzene rings is 1. The van der Waals surface area contributed by atoms with Crippen LogP contribution in [0, 0.1) is 6.92 Å². The van der Waals surface area contributed by atoms with Crippen LogP contribution in [0.25, 0.3) is 0 Å². The van der Waals surface area contributed by atoms with E-state index in [9.17, 15) is 0 Å². The first-order valence-corrected chi connectivity index (χ1v) is 10.2. The molecule has 168 valence electrons. The van der Waals surface area contributed by atoms with Crippen LogP contribution in [-0.2, 0) is 18.3 Å². The van der Waals surface area contributed by atoms with Crippen molar-refractivity contribution in [2.24, 2.45) is 12.0 Å². The third kappa shape index (κ3) is 9.05. The summed E-state index contributed by atoms with van der Waals surface area (Å²) in [6.07, 6.45) is 0.908. The highest BCUT2D eigenvalue weighted by molar-refractivity contribution is 14.0. The van der Waals surface area contributed by atoms with Crippen LogP contribution in [0.15, 0.2) is 29.3 Å². The molecule has 0 bridgehead atoms. The van der Waals surface area contributed by atoms with Crippen LogP contribution >= 0.6 is 35.6 Å². The highest BCUT2D eigenvalue weighted by Gasteiger charge is 2.09. The van der Waals surface area contributed by atoms with Crippen molar-refractivity contribution in [1.82, 2.24) is 25.0 Å². The summed E-state index contributed by atoms with van der Waals surface area (Å²) in [6, 6.07) is 7.35. The summed E-state index contributed by atoms with van der Waals surface area (Å²) in [5, 5.41) is 12.4. The molecule has 1 aromatic heterocycles. The van der Waals surface area contributed by atoms with Crippen LogP contribution in [0.3, 0.4) is 0 Å². The van der Waals surface area contributed by atoms with Crippen LogP contribution < -0.4 is 10.1 Å². The number of hydrogen-bond donors (Lipinski definition) is 1. The lowest BCUT2D eigenvalue weighted by atomic mass is 10.3. The van der Waals surface area contributed by atoms with Crippen molar-refractivity contribution in [1.29, 1.82) is 0 Å². The SMILES string of the molecule is CCOCCCNC(=NCc1nnc(C)n1C)N(C)CCOc1ccc(Cl)cc1.I. The molecule has 0 spiro atoms. The molecule has 0 fully saturated rings. The topological polar surface area (TPSA) is 76.8 Å². The zero-order valence-corrected chi connectivity index (χ0v) is 21.2. The quantitative estimate of drug-likeness (QED) is 0.200. The average Bonchev–Trinajstić information content (AvgIpc) is 3.03. The number of ether oxygens (including phenoxy) is 2. The molecular formula is C20H32ClIN6O2. The van der Waals surface area contributed by atoms with Crippen molar-refractivity contribution in [3.8, 4) is 5.75 Å². The van der Waals surface area contributed by atoms with E-state index in [1.54, 1.807) is 0 Å². The number of aryl methyl sites for hydroxylation is 1. The molecule has 1 heterocycles. The second-order valence-corrected chi connectivity index (χ2v) is 7.00. The van der Waals surface area contributed by atoms with E-state index in [0.29, 0.717) is 24.7 Å². The molecule has 0 aliphatic heterocycles. The Morgan fingerprint density at radius 1 is 1.23 bits per heavy atom. The van der Waals surface area contributed by atoms with E-state index in [0.717, 1.165) is 49.5 Å². The average molecular weight is 551 g/mol. The number of hydrogen-bond acceptors (Lipinski definition) is 5. The first kappa shape index (κ1) is 26.4. The Morgan fingerprint density at radius 2 is 1.97 bits per heavy atom. The van der Waals surface area contributed by atoms with Crippen molar-refractivity contribution >= 4 is 41.5 Å². The molecule has 0 saturated carbocycles. The van der Waals surface area contributed by atoms with Crippen molar-refractivity contribution in [2.45, 2.75) is 26.8 Å². The van der Waals surface area contributed by atoms with Gasteiger partial charge in [0.25, 0.3) is 0 Å². The smallest absolute Gasteiger partial charge is 0.194 e. The third-order valence-corrected chi connectivity index (χ3v) is 4.63. The molecular weight excluding hydrogens is 519 g/mol. The monoisotopic (exact) mass is 550 g/mol. The van der Waals surface area contributed by atoms with E-state index in [1.165, 1.54) is 0 Å². The lowest BCUT2D eigenvalue weighted by Gasteiger charge is -2.22. The number of guanidine groups is 1. The molecule has 0 radical (unpaired) electrons. The number of halogens is 2. The molecule has 0 atom stereocenters. The van der Waals surface area contributed by atoms with Crippen LogP contribution in [-0.4, -0.2) is 65.6 Å². The van der Waals surface area contributed by atoms with E-state index in [-0.39, 0.29) is 24.0 Å². The largest absolute Gasteiger partial charge is 0.492 e. The molecule has 0 aliphatic carbocycles. The molecule has 30 heavy (non-hydrogen) atoms. The maximum absolute atomic E-state index is 5.91. The Labute approximate surface area is 201 Å². The van der Waals surface area contributed by atoms with Gasteiger partial charge >= 0.3 is 0 Å². The standard InChI is InChI=1S/C20H31ClN6O2.HI/c1-5-28-13-6-11-22-20(23-15-19-25-24-16(2)27(19)4)26(3)12-14-29-18-9-7-17(21)8-10-18;/h7-10H,5-6,11-15H2,1-4H3,(H,22,23);1H. The molecule has 8 nitrogen and oxygen atoms in total. The predicted molar refractivity (Wildman–Crippen MR) is 131 cm³/mol. The first-order valence-electron chi connectivity index (χ1n) is 9.81. The number of nitrogens with zero attached hydrogens (tertiary/aromatic N) is 5. The molecule has 1 aromatic carbocycles. The van der Waals surface area contributed by atoms with Gasteiger partial charge in [-0.05, 0) is 44.5 Å². The Bertz CT molecular complexity index is 769. The van der Waals surface area contributed by atoms with Crippen molar-refractivity contribution < 1.29 is 9.47 Å². The van der Waals surface area contributed by atoms with Gasteiger partial charge < -0.3 is 24.3 Å². The van der Waals surface area contributed by atoms with Gasteiger partial charge in [-0.25, -0.2) is 4.99 Å². The molecule has 1 N–H and O–H groups in total. The van der Waals surface area contributed by atoms with Gasteiger partial charge in [0.15, 0.2) is 11.8 Å². The van der Waals surface area contributed by atoms with Crippen molar-refractivity contribution in [2.75, 3.05) is 40.0 Å². The normalized spacial score (nSPS) is 11.2. The Balaban J connectivity index is 0.00000450. The van der Waals surface area contributed by atoms with Gasteiger partial charge in [-0.2, -0.15) is 0 Å². The van der Waals surface area contributed by atoms with E-state index in [1.807, 2.05) is 61.7 Å². The summed E-state index contributed by atoms with van der Waals surface area (Å²) in [7, 11) is 3.93. The molecule has 10 heteroatoms. The minimum absolute atomic E-state index is 0. The van der Waals surface area contributed by atoms with Gasteiger partial charge in [-0.3, -0.25) is 0 Å². The number of nitrogens with one attached hydrogen (secondary N) is 1. The summed E-state index contributed by atoms with van der Waals surface area (Å²) in [5.41, 5.74) is 0. The van der Waals surface area contributed by atoms with Gasteiger partial charge in [0.05, 0.1) is 6.54 Å². The maximum atomic E-state index is 5.91. The lowest BCUT2D eigenvalue weighted by Crippen LogP contribution is -2.41. The van der Waals surface area contributed by atoms with Crippen molar-refractivity contribution in [3.05, 3.63) is 40.9 Å². The Kier molecular flexibility index (Phi) is 12.7. The highest BCUT2D eigenvalue weighted by Crippen LogP contribution is 2.15. The van der Waals surface area contributed by atoms with Crippen LogP contribution in [0.4, 0.5) is 0 Å². The predicted octanol–water partition coefficient (Wildman–Crippen LogP) is 3.28. The second-order valence-electron chi connectivity index (χ2n) is 6.56. The third-order valence-electron chi connectivity index (χ3n) is 4.38. The summed E-state index contributed by atoms with van der Waals surface area (Å²) < 4.78 is 13.1.